The van der Waals surface area contributed by atoms with Crippen LogP contribution in [0.25, 0.3) is 65.2 Å². The first-order valence-corrected chi connectivity index (χ1v) is 18.2. The Kier molecular flexibility index (Phi) is 9.68. The minimum absolute atomic E-state index is 0. The Labute approximate surface area is 310 Å². The number of halogens is 1. The van der Waals surface area contributed by atoms with E-state index in [-0.39, 0.29) is 17.0 Å². The molecule has 2 N–H and O–H groups in total. The maximum atomic E-state index is 5.55. The molecular formula is C44H48BrN4O2+. The number of pyridine rings is 2. The molecule has 4 heterocycles. The van der Waals surface area contributed by atoms with E-state index in [4.69, 9.17) is 9.47 Å². The molecule has 0 spiro atoms. The SMILES string of the molecule is COc1ccc2[nH]c3c(C)c4cc[n+](CCCCCCCC[n+]5ccc6c(C)c7[nH]c8ccc(OC)cc8c7c(C)c6c5)cc4c(C)c3c2c1.[Br-]. The molecule has 51 heavy (non-hydrogen) atoms. The molecule has 0 aliphatic carbocycles. The van der Waals surface area contributed by atoms with E-state index in [0.29, 0.717) is 0 Å². The van der Waals surface area contributed by atoms with Gasteiger partial charge in [0.15, 0.2) is 24.8 Å². The molecule has 4 aromatic carbocycles. The Balaban J connectivity index is 0.00000406. The number of aromatic amines is 2. The lowest BCUT2D eigenvalue weighted by Gasteiger charge is -2.09. The first-order valence-electron chi connectivity index (χ1n) is 18.2. The van der Waals surface area contributed by atoms with Gasteiger partial charge in [0.05, 0.1) is 25.3 Å². The maximum absolute atomic E-state index is 5.55. The highest BCUT2D eigenvalue weighted by Gasteiger charge is 2.19. The molecule has 4 aromatic heterocycles. The first-order chi connectivity index (χ1) is 24.4. The van der Waals surface area contributed by atoms with Gasteiger partial charge in [-0.25, -0.2) is 9.13 Å². The predicted octanol–water partition coefficient (Wildman–Crippen LogP) is 7.13. The summed E-state index contributed by atoms with van der Waals surface area (Å²) in [5.41, 5.74) is 10.1. The van der Waals surface area contributed by atoms with E-state index in [0.717, 1.165) is 35.6 Å². The first kappa shape index (κ1) is 34.8. The summed E-state index contributed by atoms with van der Waals surface area (Å²) in [7, 11) is 3.47. The highest BCUT2D eigenvalue weighted by molar-refractivity contribution is 6.17. The molecule has 0 unspecified atom stereocenters. The summed E-state index contributed by atoms with van der Waals surface area (Å²) >= 11 is 0. The minimum Gasteiger partial charge on any atom is -1.00 e. The summed E-state index contributed by atoms with van der Waals surface area (Å²) in [6.45, 7) is 11.1. The van der Waals surface area contributed by atoms with Gasteiger partial charge < -0.3 is 36.4 Å². The number of unbranched alkanes of at least 4 members (excludes halogenated alkanes) is 5. The van der Waals surface area contributed by atoms with E-state index >= 15 is 0 Å². The topological polar surface area (TPSA) is 57.8 Å². The van der Waals surface area contributed by atoms with E-state index in [1.807, 2.05) is 12.1 Å². The van der Waals surface area contributed by atoms with Crippen molar-refractivity contribution in [3.8, 4) is 11.5 Å². The molecule has 0 saturated carbocycles. The Bertz CT molecular complexity index is 2400. The molecule has 8 rings (SSSR count). The third kappa shape index (κ3) is 6.09. The third-order valence-corrected chi connectivity index (χ3v) is 11.2. The molecule has 0 fully saturated rings. The van der Waals surface area contributed by atoms with Gasteiger partial charge in [-0.15, -0.1) is 0 Å². The van der Waals surface area contributed by atoms with Crippen molar-refractivity contribution in [1.29, 1.82) is 0 Å². The maximum Gasteiger partial charge on any atom is 0.176 e. The predicted molar refractivity (Wildman–Crippen MR) is 207 cm³/mol. The normalized spacial score (nSPS) is 11.8. The largest absolute Gasteiger partial charge is 1.00 e. The fourth-order valence-corrected chi connectivity index (χ4v) is 8.38. The molecule has 8 aromatic rings. The van der Waals surface area contributed by atoms with Gasteiger partial charge >= 0.3 is 0 Å². The average Bonchev–Trinajstić information content (AvgIpc) is 3.73. The second-order valence-electron chi connectivity index (χ2n) is 14.2. The van der Waals surface area contributed by atoms with E-state index in [9.17, 15) is 0 Å². The van der Waals surface area contributed by atoms with Crippen LogP contribution < -0.4 is 35.6 Å². The van der Waals surface area contributed by atoms with Crippen LogP contribution in [0, 0.1) is 27.7 Å². The molecule has 0 atom stereocenters. The Morgan fingerprint density at radius 1 is 0.490 bits per heavy atom. The lowest BCUT2D eigenvalue weighted by atomic mass is 9.97. The number of rotatable bonds is 11. The molecule has 0 bridgehead atoms. The molecule has 0 aliphatic heterocycles. The fourth-order valence-electron chi connectivity index (χ4n) is 8.38. The zero-order valence-corrected chi connectivity index (χ0v) is 32.3. The van der Waals surface area contributed by atoms with Crippen molar-refractivity contribution in [1.82, 2.24) is 9.97 Å². The van der Waals surface area contributed by atoms with Gasteiger partial charge in [-0.05, 0) is 110 Å². The summed E-state index contributed by atoms with van der Waals surface area (Å²) in [5, 5.41) is 10.4. The van der Waals surface area contributed by atoms with Crippen LogP contribution in [0.3, 0.4) is 0 Å². The van der Waals surface area contributed by atoms with Crippen LogP contribution in [0.5, 0.6) is 11.5 Å². The van der Waals surface area contributed by atoms with Crippen LogP contribution in [0.1, 0.15) is 60.8 Å². The Hall–Kier alpha value is -4.62. The number of hydrogen-bond donors (Lipinski definition) is 2. The second kappa shape index (κ2) is 14.2. The minimum atomic E-state index is 0. The number of H-pyrrole nitrogens is 2. The number of nitrogens with zero attached hydrogens (tertiary/aromatic N) is 2. The van der Waals surface area contributed by atoms with Crippen molar-refractivity contribution in [2.75, 3.05) is 14.2 Å². The van der Waals surface area contributed by atoms with E-state index in [1.54, 1.807) is 14.2 Å². The summed E-state index contributed by atoms with van der Waals surface area (Å²) in [4.78, 5) is 7.35. The number of ether oxygens (including phenoxy) is 2. The molecule has 7 heteroatoms. The van der Waals surface area contributed by atoms with Crippen molar-refractivity contribution < 1.29 is 35.6 Å². The third-order valence-electron chi connectivity index (χ3n) is 11.2. The number of fused-ring (bicyclic) bond motifs is 8. The van der Waals surface area contributed by atoms with E-state index in [2.05, 4.69) is 108 Å². The molecule has 0 saturated heterocycles. The summed E-state index contributed by atoms with van der Waals surface area (Å²) in [5.74, 6) is 1.79. The average molecular weight is 745 g/mol. The van der Waals surface area contributed by atoms with Crippen LogP contribution in [0.2, 0.25) is 0 Å². The zero-order chi connectivity index (χ0) is 34.5. The quantitative estimate of drug-likeness (QED) is 0.109. The zero-order valence-electron chi connectivity index (χ0n) is 30.7. The summed E-state index contributed by atoms with van der Waals surface area (Å²) in [6.07, 6.45) is 16.7. The second-order valence-corrected chi connectivity index (χ2v) is 14.2. The number of methoxy groups -OCH3 is 2. The number of benzene rings is 4. The number of hydrogen-bond acceptors (Lipinski definition) is 2. The van der Waals surface area contributed by atoms with Crippen LogP contribution in [0.15, 0.2) is 73.3 Å². The Morgan fingerprint density at radius 2 is 0.902 bits per heavy atom. The molecule has 262 valence electrons. The molecule has 6 nitrogen and oxygen atoms in total. The van der Waals surface area contributed by atoms with Gasteiger partial charge in [0.25, 0.3) is 0 Å². The van der Waals surface area contributed by atoms with Crippen LogP contribution >= 0.6 is 0 Å². The van der Waals surface area contributed by atoms with Gasteiger partial charge in [-0.2, -0.15) is 0 Å². The van der Waals surface area contributed by atoms with Gasteiger partial charge in [0.1, 0.15) is 24.6 Å². The standard InChI is InChI=1S/C44H46N4O2.BrH/c1-27-37-25-47(21-17-33(37)29(3)43-41(27)35-23-31(49-5)13-15-39(35)45-43)19-11-9-7-8-10-12-20-48-22-18-34-30(4)44-42(28(2)38(34)26-48)36-24-32(50-6)14-16-40(36)46-44;/h13-18,21-26H,7-12,19-20H2,1-6H3;1H/p+1. The number of aromatic nitrogens is 4. The van der Waals surface area contributed by atoms with Gasteiger partial charge in [-0.3, -0.25) is 0 Å². The van der Waals surface area contributed by atoms with Crippen LogP contribution in [-0.4, -0.2) is 24.2 Å². The number of aryl methyl sites for hydroxylation is 6. The smallest absolute Gasteiger partial charge is 0.176 e. The highest BCUT2D eigenvalue weighted by Crippen LogP contribution is 2.38. The van der Waals surface area contributed by atoms with Crippen molar-refractivity contribution in [2.24, 2.45) is 0 Å². The fraction of sp³-hybridized carbons (Fsp3) is 0.318. The van der Waals surface area contributed by atoms with Crippen LogP contribution in [0.4, 0.5) is 0 Å². The van der Waals surface area contributed by atoms with Crippen molar-refractivity contribution in [3.63, 3.8) is 0 Å². The summed E-state index contributed by atoms with van der Waals surface area (Å²) < 4.78 is 15.9. The molecule has 0 radical (unpaired) electrons. The van der Waals surface area contributed by atoms with E-state index < -0.39 is 0 Å². The van der Waals surface area contributed by atoms with Gasteiger partial charge in [0, 0.05) is 68.3 Å². The van der Waals surface area contributed by atoms with Crippen LogP contribution in [-0.2, 0) is 13.1 Å². The number of nitrogens with one attached hydrogen (secondary N) is 2. The molecule has 0 aliphatic rings. The molecule has 0 amide bonds. The van der Waals surface area contributed by atoms with Crippen molar-refractivity contribution in [3.05, 3.63) is 95.6 Å². The molecular weight excluding hydrogens is 696 g/mol. The highest BCUT2D eigenvalue weighted by atomic mass is 79.9. The van der Waals surface area contributed by atoms with Crippen molar-refractivity contribution in [2.45, 2.75) is 79.3 Å². The van der Waals surface area contributed by atoms with Gasteiger partial charge in [-0.1, -0.05) is 12.8 Å². The Morgan fingerprint density at radius 3 is 1.31 bits per heavy atom. The van der Waals surface area contributed by atoms with E-state index in [1.165, 1.54) is 115 Å². The van der Waals surface area contributed by atoms with Gasteiger partial charge in [0.2, 0.25) is 0 Å². The lowest BCUT2D eigenvalue weighted by Crippen LogP contribution is -3.00. The monoisotopic (exact) mass is 743 g/mol. The van der Waals surface area contributed by atoms with Crippen molar-refractivity contribution >= 4 is 65.2 Å². The lowest BCUT2D eigenvalue weighted by molar-refractivity contribution is -0.696. The summed E-state index contributed by atoms with van der Waals surface area (Å²) in [6, 6.07) is 17.2.